The van der Waals surface area contributed by atoms with E-state index in [1.165, 1.54) is 6.07 Å². The number of hydrogen-bond acceptors (Lipinski definition) is 1. The summed E-state index contributed by atoms with van der Waals surface area (Å²) in [6.07, 6.45) is 3.65. The minimum atomic E-state index is -0.892. The quantitative estimate of drug-likeness (QED) is 0.817. The monoisotopic (exact) mass is 336 g/mol. The fourth-order valence-electron chi connectivity index (χ4n) is 5.02. The van der Waals surface area contributed by atoms with Gasteiger partial charge in [0.1, 0.15) is 0 Å². The van der Waals surface area contributed by atoms with E-state index in [-0.39, 0.29) is 11.8 Å². The Morgan fingerprint density at radius 2 is 1.96 bits per heavy atom. The highest BCUT2D eigenvalue weighted by atomic mass is 19.2. The van der Waals surface area contributed by atoms with Crippen molar-refractivity contribution < 1.29 is 18.7 Å². The minimum Gasteiger partial charge on any atom is -0.481 e. The first kappa shape index (κ1) is 17.4. The summed E-state index contributed by atoms with van der Waals surface area (Å²) in [7, 11) is 0. The number of carbonyl (C=O) groups is 1. The zero-order chi connectivity index (χ0) is 17.6. The topological polar surface area (TPSA) is 37.3 Å². The highest BCUT2D eigenvalue weighted by Crippen LogP contribution is 2.68. The molecule has 0 heterocycles. The molecule has 1 aromatic carbocycles. The maximum atomic E-state index is 13.6. The van der Waals surface area contributed by atoms with E-state index in [4.69, 9.17) is 0 Å². The van der Waals surface area contributed by atoms with E-state index in [0.717, 1.165) is 25.3 Å². The van der Waals surface area contributed by atoms with Crippen LogP contribution in [0.1, 0.15) is 57.9 Å². The molecule has 3 rings (SSSR count). The summed E-state index contributed by atoms with van der Waals surface area (Å²) in [5.41, 5.74) is -0.189. The van der Waals surface area contributed by atoms with Crippen molar-refractivity contribution in [3.8, 4) is 0 Å². The third-order valence-corrected chi connectivity index (χ3v) is 6.43. The number of benzene rings is 1. The number of aliphatic carboxylic acids is 1. The van der Waals surface area contributed by atoms with Crippen molar-refractivity contribution in [1.82, 2.24) is 0 Å². The van der Waals surface area contributed by atoms with Crippen molar-refractivity contribution in [2.45, 2.75) is 52.4 Å². The second kappa shape index (κ2) is 6.12. The Balaban J connectivity index is 1.95. The predicted molar refractivity (Wildman–Crippen MR) is 88.6 cm³/mol. The van der Waals surface area contributed by atoms with Crippen LogP contribution in [0.3, 0.4) is 0 Å². The van der Waals surface area contributed by atoms with E-state index in [1.54, 1.807) is 6.07 Å². The van der Waals surface area contributed by atoms with Crippen LogP contribution in [0.2, 0.25) is 0 Å². The molecule has 5 atom stereocenters. The maximum Gasteiger partial charge on any atom is 0.310 e. The number of rotatable bonds is 4. The van der Waals surface area contributed by atoms with Crippen molar-refractivity contribution in [3.63, 3.8) is 0 Å². The van der Waals surface area contributed by atoms with Gasteiger partial charge in [-0.3, -0.25) is 4.79 Å². The Morgan fingerprint density at radius 3 is 2.54 bits per heavy atom. The Labute approximate surface area is 142 Å². The van der Waals surface area contributed by atoms with Crippen LogP contribution < -0.4 is 0 Å². The lowest BCUT2D eigenvalue weighted by molar-refractivity contribution is -0.148. The summed E-state index contributed by atoms with van der Waals surface area (Å²) in [4.78, 5) is 12.2. The van der Waals surface area contributed by atoms with Crippen molar-refractivity contribution in [2.75, 3.05) is 0 Å². The van der Waals surface area contributed by atoms with Gasteiger partial charge in [-0.2, -0.15) is 0 Å². The van der Waals surface area contributed by atoms with Crippen LogP contribution in [0.5, 0.6) is 0 Å². The molecule has 132 valence electrons. The van der Waals surface area contributed by atoms with Crippen molar-refractivity contribution in [2.24, 2.45) is 29.1 Å². The molecule has 2 saturated carbocycles. The molecular weight excluding hydrogens is 310 g/mol. The van der Waals surface area contributed by atoms with E-state index in [1.807, 2.05) is 0 Å². The van der Waals surface area contributed by atoms with Gasteiger partial charge >= 0.3 is 5.97 Å². The molecule has 2 nitrogen and oxygen atoms in total. The third-order valence-electron chi connectivity index (χ3n) is 6.43. The fraction of sp³-hybridized carbons (Fsp3) is 0.650. The van der Waals surface area contributed by atoms with Crippen LogP contribution in [0.4, 0.5) is 8.78 Å². The molecular formula is C20H26F2O2. The number of carboxylic acid groups (broad SMARTS) is 1. The van der Waals surface area contributed by atoms with Gasteiger partial charge in [-0.1, -0.05) is 33.3 Å². The first-order valence-corrected chi connectivity index (χ1v) is 8.95. The van der Waals surface area contributed by atoms with E-state index in [2.05, 4.69) is 20.8 Å². The normalized spacial score (nSPS) is 35.9. The van der Waals surface area contributed by atoms with Crippen LogP contribution in [-0.2, 0) is 4.79 Å². The molecule has 2 aliphatic carbocycles. The van der Waals surface area contributed by atoms with Gasteiger partial charge in [-0.25, -0.2) is 8.78 Å². The number of carboxylic acids is 1. The Kier molecular flexibility index (Phi) is 4.43. The van der Waals surface area contributed by atoms with Gasteiger partial charge in [0.05, 0.1) is 5.41 Å². The first-order chi connectivity index (χ1) is 11.3. The molecule has 0 bridgehead atoms. The van der Waals surface area contributed by atoms with Crippen LogP contribution in [0.25, 0.3) is 0 Å². The molecule has 0 aliphatic heterocycles. The smallest absolute Gasteiger partial charge is 0.310 e. The number of hydrogen-bond donors (Lipinski definition) is 1. The zero-order valence-electron chi connectivity index (χ0n) is 14.6. The fourth-order valence-corrected chi connectivity index (χ4v) is 5.02. The second-order valence-electron chi connectivity index (χ2n) is 8.21. The SMILES string of the molecule is CC(C)[C@@H]1CC[C@@H](C)C[C@H]1C1(C(=O)O)CC1c1ccc(F)c(F)c1. The highest BCUT2D eigenvalue weighted by Gasteiger charge is 2.66. The summed E-state index contributed by atoms with van der Waals surface area (Å²) >= 11 is 0. The number of halogens is 2. The first-order valence-electron chi connectivity index (χ1n) is 8.95. The van der Waals surface area contributed by atoms with Crippen molar-refractivity contribution in [1.29, 1.82) is 0 Å². The van der Waals surface area contributed by atoms with Crippen LogP contribution >= 0.6 is 0 Å². The van der Waals surface area contributed by atoms with E-state index in [9.17, 15) is 18.7 Å². The molecule has 0 spiro atoms. The molecule has 4 heteroatoms. The van der Waals surface area contributed by atoms with E-state index in [0.29, 0.717) is 29.7 Å². The molecule has 2 unspecified atom stereocenters. The molecule has 0 radical (unpaired) electrons. The van der Waals surface area contributed by atoms with E-state index < -0.39 is 23.0 Å². The van der Waals surface area contributed by atoms with Gasteiger partial charge in [0, 0.05) is 5.92 Å². The van der Waals surface area contributed by atoms with Gasteiger partial charge in [0.15, 0.2) is 11.6 Å². The molecule has 1 N–H and O–H groups in total. The molecule has 1 aromatic rings. The van der Waals surface area contributed by atoms with Gasteiger partial charge < -0.3 is 5.11 Å². The lowest BCUT2D eigenvalue weighted by Crippen LogP contribution is -2.38. The highest BCUT2D eigenvalue weighted by molar-refractivity contribution is 5.81. The van der Waals surface area contributed by atoms with Gasteiger partial charge in [0.2, 0.25) is 0 Å². The zero-order valence-corrected chi connectivity index (χ0v) is 14.6. The summed E-state index contributed by atoms with van der Waals surface area (Å²) in [5.74, 6) is -1.31. The van der Waals surface area contributed by atoms with Crippen LogP contribution in [-0.4, -0.2) is 11.1 Å². The largest absolute Gasteiger partial charge is 0.481 e. The summed E-state index contributed by atoms with van der Waals surface area (Å²) in [5, 5.41) is 10.0. The summed E-state index contributed by atoms with van der Waals surface area (Å²) in [6.45, 7) is 6.52. The molecule has 2 fully saturated rings. The van der Waals surface area contributed by atoms with E-state index >= 15 is 0 Å². The predicted octanol–water partition coefficient (Wildman–Crippen LogP) is 5.23. The maximum absolute atomic E-state index is 13.6. The summed E-state index contributed by atoms with van der Waals surface area (Å²) < 4.78 is 26.8. The van der Waals surface area contributed by atoms with Gasteiger partial charge in [-0.15, -0.1) is 0 Å². The Bertz CT molecular complexity index is 643. The molecule has 2 aliphatic rings. The molecule has 0 amide bonds. The lowest BCUT2D eigenvalue weighted by Gasteiger charge is -2.41. The second-order valence-corrected chi connectivity index (χ2v) is 8.21. The third kappa shape index (κ3) is 2.74. The molecule has 0 saturated heterocycles. The average molecular weight is 336 g/mol. The molecule has 0 aromatic heterocycles. The standard InChI is InChI=1S/C20H26F2O2/c1-11(2)14-6-4-12(3)8-15(14)20(19(23)24)10-16(20)13-5-7-17(21)18(22)9-13/h5,7,9,11-12,14-16H,4,6,8,10H2,1-3H3,(H,23,24)/t12-,14+,15-,16?,20?/m1/s1. The van der Waals surface area contributed by atoms with Crippen molar-refractivity contribution >= 4 is 5.97 Å². The lowest BCUT2D eigenvalue weighted by atomic mass is 9.63. The minimum absolute atomic E-state index is 0.108. The summed E-state index contributed by atoms with van der Waals surface area (Å²) in [6, 6.07) is 3.84. The van der Waals surface area contributed by atoms with Gasteiger partial charge in [-0.05, 0) is 60.6 Å². The Hall–Kier alpha value is -1.45. The van der Waals surface area contributed by atoms with Gasteiger partial charge in [0.25, 0.3) is 0 Å². The van der Waals surface area contributed by atoms with Crippen LogP contribution in [0.15, 0.2) is 18.2 Å². The van der Waals surface area contributed by atoms with Crippen LogP contribution in [0, 0.1) is 40.7 Å². The molecule has 24 heavy (non-hydrogen) atoms. The Morgan fingerprint density at radius 1 is 1.25 bits per heavy atom. The average Bonchev–Trinajstić information content (AvgIpc) is 3.26. The van der Waals surface area contributed by atoms with Crippen molar-refractivity contribution in [3.05, 3.63) is 35.4 Å².